The van der Waals surface area contributed by atoms with E-state index in [-0.39, 0.29) is 29.2 Å². The second kappa shape index (κ2) is 7.70. The van der Waals surface area contributed by atoms with E-state index in [0.717, 1.165) is 0 Å². The highest BCUT2D eigenvalue weighted by Gasteiger charge is 2.37. The molecule has 0 bridgehead atoms. The standard InChI is InChI=1S/C22H11F6NO3/c23-21(24,25)14-8-13(9-15(10-14)22(26,27)28)18-7-6-16(31-18)11-17-20(30)32-19(29-17)12-4-2-1-3-5-12/h1-11H. The van der Waals surface area contributed by atoms with E-state index >= 15 is 0 Å². The summed E-state index contributed by atoms with van der Waals surface area (Å²) in [5.74, 6) is -0.968. The van der Waals surface area contributed by atoms with Gasteiger partial charge in [-0.05, 0) is 42.5 Å². The van der Waals surface area contributed by atoms with Crippen LogP contribution >= 0.6 is 0 Å². The topological polar surface area (TPSA) is 51.8 Å². The van der Waals surface area contributed by atoms with Crippen LogP contribution in [-0.2, 0) is 21.9 Å². The molecule has 2 heterocycles. The zero-order valence-electron chi connectivity index (χ0n) is 15.8. The van der Waals surface area contributed by atoms with Crippen molar-refractivity contribution in [3.05, 3.63) is 88.8 Å². The fraction of sp³-hybridized carbons (Fsp3) is 0.0909. The fourth-order valence-electron chi connectivity index (χ4n) is 2.93. The average molecular weight is 451 g/mol. The molecule has 0 amide bonds. The molecular weight excluding hydrogens is 440 g/mol. The first kappa shape index (κ1) is 21.4. The summed E-state index contributed by atoms with van der Waals surface area (Å²) in [6, 6.07) is 12.2. The van der Waals surface area contributed by atoms with Crippen LogP contribution in [0.3, 0.4) is 0 Å². The number of esters is 1. The third-order valence-electron chi connectivity index (χ3n) is 4.42. The van der Waals surface area contributed by atoms with E-state index in [4.69, 9.17) is 9.15 Å². The molecule has 3 aromatic rings. The van der Waals surface area contributed by atoms with Crippen LogP contribution in [0.1, 0.15) is 22.5 Å². The van der Waals surface area contributed by atoms with Crippen LogP contribution in [0.15, 0.2) is 75.8 Å². The molecule has 1 aromatic heterocycles. The van der Waals surface area contributed by atoms with Crippen LogP contribution in [0.5, 0.6) is 0 Å². The number of ether oxygens (including phenoxy) is 1. The summed E-state index contributed by atoms with van der Waals surface area (Å²) < 4.78 is 88.9. The summed E-state index contributed by atoms with van der Waals surface area (Å²) in [6.07, 6.45) is -8.78. The summed E-state index contributed by atoms with van der Waals surface area (Å²) in [5.41, 5.74) is -2.93. The van der Waals surface area contributed by atoms with Crippen molar-refractivity contribution in [1.29, 1.82) is 0 Å². The van der Waals surface area contributed by atoms with E-state index in [1.165, 1.54) is 18.2 Å². The van der Waals surface area contributed by atoms with Crippen molar-refractivity contribution in [2.24, 2.45) is 4.99 Å². The molecule has 0 fully saturated rings. The van der Waals surface area contributed by atoms with E-state index in [1.54, 1.807) is 30.3 Å². The number of hydrogen-bond donors (Lipinski definition) is 0. The molecule has 4 rings (SSSR count). The Hall–Kier alpha value is -3.82. The number of alkyl halides is 6. The van der Waals surface area contributed by atoms with Gasteiger partial charge in [0.2, 0.25) is 5.90 Å². The molecule has 0 spiro atoms. The summed E-state index contributed by atoms with van der Waals surface area (Å²) in [5, 5.41) is 0. The number of nitrogens with zero attached hydrogens (tertiary/aromatic N) is 1. The van der Waals surface area contributed by atoms with Crippen molar-refractivity contribution in [3.63, 3.8) is 0 Å². The normalized spacial score (nSPS) is 15.8. The Morgan fingerprint density at radius 2 is 1.41 bits per heavy atom. The zero-order chi connectivity index (χ0) is 23.1. The highest BCUT2D eigenvalue weighted by molar-refractivity contribution is 6.12. The number of carbonyl (C=O) groups is 1. The SMILES string of the molecule is O=C1OC(c2ccccc2)=NC1=Cc1ccc(-c2cc(C(F)(F)F)cc(C(F)(F)F)c2)o1. The van der Waals surface area contributed by atoms with Crippen LogP contribution in [0, 0.1) is 0 Å². The Morgan fingerprint density at radius 1 is 0.781 bits per heavy atom. The first-order chi connectivity index (χ1) is 15.0. The highest BCUT2D eigenvalue weighted by atomic mass is 19.4. The number of hydrogen-bond acceptors (Lipinski definition) is 4. The Morgan fingerprint density at radius 3 is 2.00 bits per heavy atom. The van der Waals surface area contributed by atoms with Crippen molar-refractivity contribution in [3.8, 4) is 11.3 Å². The van der Waals surface area contributed by atoms with Gasteiger partial charge in [-0.25, -0.2) is 9.79 Å². The van der Waals surface area contributed by atoms with E-state index in [2.05, 4.69) is 4.99 Å². The molecule has 0 aliphatic carbocycles. The first-order valence-corrected chi connectivity index (χ1v) is 8.98. The molecular formula is C22H11F6NO3. The van der Waals surface area contributed by atoms with Crippen molar-refractivity contribution in [2.45, 2.75) is 12.4 Å². The lowest BCUT2D eigenvalue weighted by molar-refractivity contribution is -0.143. The number of rotatable bonds is 3. The van der Waals surface area contributed by atoms with Gasteiger partial charge < -0.3 is 9.15 Å². The largest absolute Gasteiger partial charge is 0.457 e. The molecule has 0 radical (unpaired) electrons. The number of carbonyl (C=O) groups excluding carboxylic acids is 1. The van der Waals surface area contributed by atoms with Crippen LogP contribution in [-0.4, -0.2) is 11.9 Å². The third kappa shape index (κ3) is 4.43. The van der Waals surface area contributed by atoms with Crippen molar-refractivity contribution < 1.29 is 40.3 Å². The van der Waals surface area contributed by atoms with Gasteiger partial charge in [-0.2, -0.15) is 26.3 Å². The van der Waals surface area contributed by atoms with Gasteiger partial charge in [-0.15, -0.1) is 0 Å². The molecule has 0 saturated carbocycles. The monoisotopic (exact) mass is 451 g/mol. The number of furan rings is 1. The van der Waals surface area contributed by atoms with Crippen LogP contribution in [0.4, 0.5) is 26.3 Å². The predicted molar refractivity (Wildman–Crippen MR) is 101 cm³/mol. The fourth-order valence-corrected chi connectivity index (χ4v) is 2.93. The Kier molecular flexibility index (Phi) is 5.15. The molecule has 0 N–H and O–H groups in total. The Balaban J connectivity index is 1.69. The van der Waals surface area contributed by atoms with Gasteiger partial charge in [0.25, 0.3) is 0 Å². The quantitative estimate of drug-likeness (QED) is 0.266. The minimum absolute atomic E-state index is 0.00372. The Bertz CT molecular complexity index is 1200. The molecule has 32 heavy (non-hydrogen) atoms. The molecule has 10 heteroatoms. The molecule has 4 nitrogen and oxygen atoms in total. The maximum Gasteiger partial charge on any atom is 0.416 e. The second-order valence-corrected chi connectivity index (χ2v) is 6.70. The lowest BCUT2D eigenvalue weighted by atomic mass is 10.0. The van der Waals surface area contributed by atoms with E-state index in [0.29, 0.717) is 17.7 Å². The van der Waals surface area contributed by atoms with E-state index in [9.17, 15) is 31.1 Å². The number of benzene rings is 2. The van der Waals surface area contributed by atoms with Gasteiger partial charge in [-0.1, -0.05) is 18.2 Å². The zero-order valence-corrected chi connectivity index (χ0v) is 15.8. The van der Waals surface area contributed by atoms with Crippen LogP contribution in [0.2, 0.25) is 0 Å². The van der Waals surface area contributed by atoms with Gasteiger partial charge >= 0.3 is 18.3 Å². The summed E-state index contributed by atoms with van der Waals surface area (Å²) in [7, 11) is 0. The van der Waals surface area contributed by atoms with Crippen molar-refractivity contribution >= 4 is 17.9 Å². The second-order valence-electron chi connectivity index (χ2n) is 6.70. The lowest BCUT2D eigenvalue weighted by Gasteiger charge is -2.13. The van der Waals surface area contributed by atoms with Gasteiger partial charge in [0, 0.05) is 17.2 Å². The lowest BCUT2D eigenvalue weighted by Crippen LogP contribution is -2.11. The van der Waals surface area contributed by atoms with Crippen molar-refractivity contribution in [2.75, 3.05) is 0 Å². The van der Waals surface area contributed by atoms with E-state index in [1.807, 2.05) is 0 Å². The summed E-state index contributed by atoms with van der Waals surface area (Å²) in [6.45, 7) is 0. The number of aliphatic imine (C=N–C) groups is 1. The van der Waals surface area contributed by atoms with Crippen LogP contribution < -0.4 is 0 Å². The summed E-state index contributed by atoms with van der Waals surface area (Å²) in [4.78, 5) is 16.1. The number of cyclic esters (lactones) is 1. The average Bonchev–Trinajstić information content (AvgIpc) is 3.34. The maximum atomic E-state index is 13.1. The van der Waals surface area contributed by atoms with Crippen LogP contribution in [0.25, 0.3) is 17.4 Å². The molecule has 164 valence electrons. The minimum Gasteiger partial charge on any atom is -0.457 e. The molecule has 0 saturated heterocycles. The maximum absolute atomic E-state index is 13.1. The number of halogens is 6. The minimum atomic E-state index is -4.98. The molecule has 2 aromatic carbocycles. The first-order valence-electron chi connectivity index (χ1n) is 8.98. The Labute approximate surface area is 176 Å². The molecule has 0 unspecified atom stereocenters. The summed E-state index contributed by atoms with van der Waals surface area (Å²) >= 11 is 0. The third-order valence-corrected chi connectivity index (χ3v) is 4.42. The predicted octanol–water partition coefficient (Wildman–Crippen LogP) is 6.33. The van der Waals surface area contributed by atoms with E-state index < -0.39 is 35.0 Å². The highest BCUT2D eigenvalue weighted by Crippen LogP contribution is 2.39. The smallest absolute Gasteiger partial charge is 0.416 e. The van der Waals surface area contributed by atoms with Crippen molar-refractivity contribution in [1.82, 2.24) is 0 Å². The van der Waals surface area contributed by atoms with Gasteiger partial charge in [0.1, 0.15) is 11.5 Å². The molecule has 1 aliphatic rings. The van der Waals surface area contributed by atoms with Gasteiger partial charge in [-0.3, -0.25) is 0 Å². The molecule has 1 aliphatic heterocycles. The molecule has 0 atom stereocenters. The van der Waals surface area contributed by atoms with Gasteiger partial charge in [0.15, 0.2) is 5.70 Å². The van der Waals surface area contributed by atoms with Gasteiger partial charge in [0.05, 0.1) is 11.1 Å².